The number of hydrogen-bond acceptors (Lipinski definition) is 11. The summed E-state index contributed by atoms with van der Waals surface area (Å²) in [4.78, 5) is 56.3. The molecule has 14 heteroatoms. The highest BCUT2D eigenvalue weighted by Crippen LogP contribution is 2.27. The minimum absolute atomic E-state index is 0.00830. The summed E-state index contributed by atoms with van der Waals surface area (Å²) in [5.74, 6) is -4.74. The molecule has 0 aliphatic carbocycles. The molecule has 14 nitrogen and oxygen atoms in total. The highest BCUT2D eigenvalue weighted by molar-refractivity contribution is 6.10. The van der Waals surface area contributed by atoms with Gasteiger partial charge in [-0.3, -0.25) is 10.1 Å². The Hall–Kier alpha value is -5.24. The summed E-state index contributed by atoms with van der Waals surface area (Å²) in [6.07, 6.45) is 0.412. The predicted molar refractivity (Wildman–Crippen MR) is 132 cm³/mol. The van der Waals surface area contributed by atoms with Gasteiger partial charge < -0.3 is 35.9 Å². The highest BCUT2D eigenvalue weighted by Gasteiger charge is 2.21. The molecule has 0 aliphatic heterocycles. The van der Waals surface area contributed by atoms with Crippen LogP contribution in [0.2, 0.25) is 0 Å². The molecule has 38 heavy (non-hydrogen) atoms. The number of rotatable bonds is 11. The summed E-state index contributed by atoms with van der Waals surface area (Å²) in [6, 6.07) is 8.44. The average molecular weight is 525 g/mol. The Kier molecular flexibility index (Phi) is 8.73. The van der Waals surface area contributed by atoms with E-state index in [1.807, 2.05) is 0 Å². The number of carbonyl (C=O) groups excluding carboxylic acids is 2. The van der Waals surface area contributed by atoms with Gasteiger partial charge in [-0.05, 0) is 36.4 Å². The number of ether oxygens (including phenoxy) is 3. The van der Waals surface area contributed by atoms with Crippen molar-refractivity contribution in [3.8, 4) is 11.5 Å². The van der Waals surface area contributed by atoms with Gasteiger partial charge >= 0.3 is 17.9 Å². The quantitative estimate of drug-likeness (QED) is 0.179. The number of nitrogens with zero attached hydrogens (tertiary/aromatic N) is 2. The Bertz CT molecular complexity index is 1370. The topological polar surface area (TPSA) is 226 Å². The SMILES string of the molecule is COCCCOC(=O)c1cc(Oc2ccc(C(=O)O)c(C(=O)Nc3nc(N)cc(N)n3)c2)ccc1C(=O)O. The fraction of sp³-hybridized carbons (Fsp3) is 0.167. The van der Waals surface area contributed by atoms with Gasteiger partial charge in [-0.2, -0.15) is 9.97 Å². The maximum atomic E-state index is 12.8. The Morgan fingerprint density at radius 3 is 1.92 bits per heavy atom. The monoisotopic (exact) mass is 525 g/mol. The number of aromatic carboxylic acids is 2. The van der Waals surface area contributed by atoms with Crippen LogP contribution < -0.4 is 21.5 Å². The number of amides is 1. The number of carboxylic acid groups (broad SMARTS) is 2. The van der Waals surface area contributed by atoms with Gasteiger partial charge in [-0.25, -0.2) is 14.4 Å². The van der Waals surface area contributed by atoms with Crippen LogP contribution >= 0.6 is 0 Å². The molecule has 0 bridgehead atoms. The molecule has 2 aromatic carbocycles. The number of nitrogens with one attached hydrogen (secondary N) is 1. The van der Waals surface area contributed by atoms with Crippen LogP contribution in [0.5, 0.6) is 11.5 Å². The number of benzene rings is 2. The first-order valence-electron chi connectivity index (χ1n) is 10.9. The fourth-order valence-corrected chi connectivity index (χ4v) is 3.20. The van der Waals surface area contributed by atoms with Crippen molar-refractivity contribution in [3.05, 3.63) is 64.7 Å². The first-order chi connectivity index (χ1) is 18.1. The summed E-state index contributed by atoms with van der Waals surface area (Å²) in [5, 5.41) is 21.3. The lowest BCUT2D eigenvalue weighted by atomic mass is 10.1. The van der Waals surface area contributed by atoms with Crippen molar-refractivity contribution in [2.75, 3.05) is 37.1 Å². The van der Waals surface area contributed by atoms with E-state index in [4.69, 9.17) is 25.7 Å². The molecular formula is C24H23N5O9. The molecule has 0 atom stereocenters. The Morgan fingerprint density at radius 1 is 0.816 bits per heavy atom. The van der Waals surface area contributed by atoms with Gasteiger partial charge in [0.1, 0.15) is 23.1 Å². The van der Waals surface area contributed by atoms with Crippen LogP contribution in [-0.4, -0.2) is 64.3 Å². The second-order valence-electron chi connectivity index (χ2n) is 7.60. The lowest BCUT2D eigenvalue weighted by molar-refractivity contribution is 0.0458. The molecule has 3 rings (SSSR count). The van der Waals surface area contributed by atoms with E-state index in [0.717, 1.165) is 24.3 Å². The number of methoxy groups -OCH3 is 1. The molecule has 0 spiro atoms. The van der Waals surface area contributed by atoms with Crippen molar-refractivity contribution < 1.29 is 43.6 Å². The van der Waals surface area contributed by atoms with E-state index in [1.165, 1.54) is 25.3 Å². The third-order valence-electron chi connectivity index (χ3n) is 4.86. The van der Waals surface area contributed by atoms with Crippen LogP contribution in [0.15, 0.2) is 42.5 Å². The van der Waals surface area contributed by atoms with E-state index >= 15 is 0 Å². The zero-order chi connectivity index (χ0) is 27.8. The first kappa shape index (κ1) is 27.3. The van der Waals surface area contributed by atoms with E-state index in [9.17, 15) is 29.4 Å². The van der Waals surface area contributed by atoms with Gasteiger partial charge in [0.25, 0.3) is 5.91 Å². The third-order valence-corrected chi connectivity index (χ3v) is 4.86. The third kappa shape index (κ3) is 6.92. The number of carboxylic acids is 2. The van der Waals surface area contributed by atoms with Crippen LogP contribution in [-0.2, 0) is 9.47 Å². The number of hydrogen-bond donors (Lipinski definition) is 5. The van der Waals surface area contributed by atoms with Crippen LogP contribution in [0.4, 0.5) is 17.6 Å². The zero-order valence-corrected chi connectivity index (χ0v) is 20.0. The molecule has 1 amide bonds. The molecule has 198 valence electrons. The summed E-state index contributed by atoms with van der Waals surface area (Å²) < 4.78 is 15.7. The maximum Gasteiger partial charge on any atom is 0.339 e. The second-order valence-corrected chi connectivity index (χ2v) is 7.60. The van der Waals surface area contributed by atoms with Gasteiger partial charge in [0.05, 0.1) is 28.9 Å². The number of nitrogens with two attached hydrogens (primary N) is 2. The van der Waals surface area contributed by atoms with Crippen LogP contribution in [0.25, 0.3) is 0 Å². The van der Waals surface area contributed by atoms with Gasteiger partial charge in [0, 0.05) is 26.2 Å². The maximum absolute atomic E-state index is 12.8. The van der Waals surface area contributed by atoms with Gasteiger partial charge in [-0.15, -0.1) is 0 Å². The van der Waals surface area contributed by atoms with Crippen molar-refractivity contribution in [3.63, 3.8) is 0 Å². The minimum atomic E-state index is -1.39. The molecule has 0 unspecified atom stereocenters. The van der Waals surface area contributed by atoms with Crippen molar-refractivity contribution in [2.24, 2.45) is 0 Å². The van der Waals surface area contributed by atoms with Crippen molar-refractivity contribution in [1.29, 1.82) is 0 Å². The first-order valence-corrected chi connectivity index (χ1v) is 10.9. The second kappa shape index (κ2) is 12.1. The van der Waals surface area contributed by atoms with E-state index in [2.05, 4.69) is 15.3 Å². The Balaban J connectivity index is 1.89. The predicted octanol–water partition coefficient (Wildman–Crippen LogP) is 2.28. The number of aromatic nitrogens is 2. The lowest BCUT2D eigenvalue weighted by Gasteiger charge is -2.13. The Labute approximate surface area is 215 Å². The summed E-state index contributed by atoms with van der Waals surface area (Å²) >= 11 is 0. The Morgan fingerprint density at radius 2 is 1.37 bits per heavy atom. The molecule has 1 aromatic heterocycles. The lowest BCUT2D eigenvalue weighted by Crippen LogP contribution is -2.18. The number of anilines is 3. The highest BCUT2D eigenvalue weighted by atomic mass is 16.5. The van der Waals surface area contributed by atoms with Crippen molar-refractivity contribution >= 4 is 41.4 Å². The molecule has 7 N–H and O–H groups in total. The number of carbonyl (C=O) groups is 4. The molecule has 0 fully saturated rings. The van der Waals surface area contributed by atoms with Gasteiger partial charge in [0.15, 0.2) is 0 Å². The van der Waals surface area contributed by atoms with Crippen LogP contribution in [0.3, 0.4) is 0 Å². The number of nitrogen functional groups attached to an aromatic ring is 2. The van der Waals surface area contributed by atoms with Gasteiger partial charge in [-0.1, -0.05) is 0 Å². The van der Waals surface area contributed by atoms with E-state index in [1.54, 1.807) is 0 Å². The summed E-state index contributed by atoms with van der Waals surface area (Å²) in [6.45, 7) is 0.357. The van der Waals surface area contributed by atoms with Crippen molar-refractivity contribution in [2.45, 2.75) is 6.42 Å². The average Bonchev–Trinajstić information content (AvgIpc) is 2.85. The summed E-state index contributed by atoms with van der Waals surface area (Å²) in [7, 11) is 1.49. The molecule has 0 radical (unpaired) electrons. The number of esters is 1. The van der Waals surface area contributed by atoms with Crippen LogP contribution in [0.1, 0.15) is 47.9 Å². The minimum Gasteiger partial charge on any atom is -0.478 e. The molecule has 0 saturated carbocycles. The molecule has 0 aliphatic rings. The standard InChI is InChI=1S/C24H23N5O9/c1-36-7-2-8-37-23(35)17-10-13(4-6-15(17)22(33)34)38-12-3-5-14(21(31)32)16(9-12)20(30)29-24-27-18(25)11-19(26)28-24/h3-6,9-11H,2,7-8H2,1H3,(H,31,32)(H,33,34)(H5,25,26,27,28,29,30). The van der Waals surface area contributed by atoms with E-state index in [-0.39, 0.29) is 57.9 Å². The van der Waals surface area contributed by atoms with E-state index in [0.29, 0.717) is 13.0 Å². The molecular weight excluding hydrogens is 502 g/mol. The van der Waals surface area contributed by atoms with Gasteiger partial charge in [0.2, 0.25) is 5.95 Å². The largest absolute Gasteiger partial charge is 0.478 e. The van der Waals surface area contributed by atoms with E-state index < -0.39 is 23.8 Å². The van der Waals surface area contributed by atoms with Crippen molar-refractivity contribution in [1.82, 2.24) is 9.97 Å². The summed E-state index contributed by atoms with van der Waals surface area (Å²) in [5.41, 5.74) is 9.96. The van der Waals surface area contributed by atoms with Crippen LogP contribution in [0, 0.1) is 0 Å². The zero-order valence-electron chi connectivity index (χ0n) is 20.0. The smallest absolute Gasteiger partial charge is 0.339 e. The fourth-order valence-electron chi connectivity index (χ4n) is 3.20. The molecule has 1 heterocycles. The normalized spacial score (nSPS) is 10.4. The molecule has 0 saturated heterocycles. The molecule has 3 aromatic rings.